The number of ether oxygens (including phenoxy) is 2. The van der Waals surface area contributed by atoms with Crippen LogP contribution in [-0.2, 0) is 22.6 Å². The zero-order valence-corrected chi connectivity index (χ0v) is 17.6. The molecule has 3 aromatic rings. The number of methoxy groups -OCH3 is 1. The topological polar surface area (TPSA) is 47.6 Å². The molecule has 0 unspecified atom stereocenters. The Kier molecular flexibility index (Phi) is 5.20. The van der Waals surface area contributed by atoms with Gasteiger partial charge >= 0.3 is 5.97 Å². The van der Waals surface area contributed by atoms with Crippen LogP contribution in [-0.4, -0.2) is 13.1 Å². The maximum atomic E-state index is 13.7. The minimum absolute atomic E-state index is 0.150. The third-order valence-corrected chi connectivity index (χ3v) is 5.66. The van der Waals surface area contributed by atoms with Crippen molar-refractivity contribution in [3.05, 3.63) is 76.1 Å². The lowest BCUT2D eigenvalue weighted by molar-refractivity contribution is -0.139. The molecule has 0 aliphatic carbocycles. The Balaban J connectivity index is 1.94. The van der Waals surface area contributed by atoms with Crippen molar-refractivity contribution in [1.82, 2.24) is 0 Å². The average Bonchev–Trinajstić information content (AvgIpc) is 2.92. The lowest BCUT2D eigenvalue weighted by Gasteiger charge is -2.23. The number of anilines is 2. The molecule has 3 aromatic carbocycles. The van der Waals surface area contributed by atoms with Crippen molar-refractivity contribution in [2.75, 3.05) is 12.4 Å². The summed E-state index contributed by atoms with van der Waals surface area (Å²) in [5.41, 5.74) is 8.22. The zero-order chi connectivity index (χ0) is 21.4. The maximum absolute atomic E-state index is 13.7. The molecule has 1 N–H and O–H groups in total. The van der Waals surface area contributed by atoms with Gasteiger partial charge in [0.25, 0.3) is 0 Å². The summed E-state index contributed by atoms with van der Waals surface area (Å²) in [4.78, 5) is 12.2. The van der Waals surface area contributed by atoms with Gasteiger partial charge < -0.3 is 14.8 Å². The van der Waals surface area contributed by atoms with Crippen molar-refractivity contribution in [1.29, 1.82) is 0 Å². The van der Waals surface area contributed by atoms with Crippen molar-refractivity contribution in [2.45, 2.75) is 33.8 Å². The van der Waals surface area contributed by atoms with Crippen molar-refractivity contribution >= 4 is 17.3 Å². The number of esters is 1. The summed E-state index contributed by atoms with van der Waals surface area (Å²) in [5.74, 6) is 0.112. The van der Waals surface area contributed by atoms with Gasteiger partial charge in [0.05, 0.1) is 19.2 Å². The number of carbonyl (C=O) groups is 1. The van der Waals surface area contributed by atoms with Crippen LogP contribution in [0.3, 0.4) is 0 Å². The van der Waals surface area contributed by atoms with E-state index in [0.29, 0.717) is 5.75 Å². The van der Waals surface area contributed by atoms with Gasteiger partial charge in [-0.3, -0.25) is 4.79 Å². The Bertz CT molecular complexity index is 1140. The van der Waals surface area contributed by atoms with Crippen LogP contribution in [0.5, 0.6) is 5.75 Å². The molecular weight excluding hydrogens is 381 g/mol. The van der Waals surface area contributed by atoms with Crippen LogP contribution >= 0.6 is 0 Å². The highest BCUT2D eigenvalue weighted by atomic mass is 19.1. The Morgan fingerprint density at radius 2 is 1.83 bits per heavy atom. The monoisotopic (exact) mass is 405 g/mol. The number of carbonyl (C=O) groups excluding carboxylic acids is 1. The molecule has 0 amide bonds. The van der Waals surface area contributed by atoms with Gasteiger partial charge in [-0.05, 0) is 61.2 Å². The number of hydrogen-bond acceptors (Lipinski definition) is 4. The van der Waals surface area contributed by atoms with E-state index < -0.39 is 0 Å². The van der Waals surface area contributed by atoms with Gasteiger partial charge in [0.15, 0.2) is 0 Å². The average molecular weight is 405 g/mol. The first kappa shape index (κ1) is 20.0. The highest BCUT2D eigenvalue weighted by Gasteiger charge is 2.26. The first-order chi connectivity index (χ1) is 14.4. The first-order valence-electron chi connectivity index (χ1n) is 9.87. The van der Waals surface area contributed by atoms with Crippen LogP contribution in [0.4, 0.5) is 15.8 Å². The second-order valence-corrected chi connectivity index (χ2v) is 7.64. The molecule has 0 bridgehead atoms. The molecule has 0 saturated carbocycles. The van der Waals surface area contributed by atoms with Crippen LogP contribution < -0.4 is 10.1 Å². The Morgan fingerprint density at radius 3 is 2.53 bits per heavy atom. The number of hydrogen-bond donors (Lipinski definition) is 1. The first-order valence-corrected chi connectivity index (χ1v) is 9.87. The van der Waals surface area contributed by atoms with Crippen LogP contribution in [0.2, 0.25) is 0 Å². The lowest BCUT2D eigenvalue weighted by Crippen LogP contribution is -2.11. The van der Waals surface area contributed by atoms with E-state index >= 15 is 0 Å². The highest BCUT2D eigenvalue weighted by Crippen LogP contribution is 2.46. The van der Waals surface area contributed by atoms with Crippen LogP contribution in [0.1, 0.15) is 27.8 Å². The smallest absolute Gasteiger partial charge is 0.310 e. The number of fused-ring (bicyclic) bond motifs is 2. The number of rotatable bonds is 3. The summed E-state index contributed by atoms with van der Waals surface area (Å²) in [5, 5.41) is 3.41. The third kappa shape index (κ3) is 3.52. The predicted octanol–water partition coefficient (Wildman–Crippen LogP) is 5.77. The summed E-state index contributed by atoms with van der Waals surface area (Å²) in [6.45, 7) is 6.26. The molecule has 0 spiro atoms. The van der Waals surface area contributed by atoms with E-state index in [4.69, 9.17) is 9.47 Å². The van der Waals surface area contributed by atoms with E-state index in [9.17, 15) is 9.18 Å². The van der Waals surface area contributed by atoms with Gasteiger partial charge in [-0.15, -0.1) is 0 Å². The molecule has 1 aliphatic heterocycles. The zero-order valence-electron chi connectivity index (χ0n) is 17.6. The van der Waals surface area contributed by atoms with Gasteiger partial charge in [-0.1, -0.05) is 29.8 Å². The largest absolute Gasteiger partial charge is 0.486 e. The Labute approximate surface area is 175 Å². The minimum Gasteiger partial charge on any atom is -0.486 e. The second-order valence-electron chi connectivity index (χ2n) is 7.64. The quantitative estimate of drug-likeness (QED) is 0.562. The summed E-state index contributed by atoms with van der Waals surface area (Å²) < 4.78 is 24.9. The van der Waals surface area contributed by atoms with Crippen molar-refractivity contribution in [2.24, 2.45) is 0 Å². The molecule has 1 aliphatic rings. The number of nitrogens with one attached hydrogen (secondary N) is 1. The predicted molar refractivity (Wildman–Crippen MR) is 116 cm³/mol. The minimum atomic E-state index is -0.303. The standard InChI is InChI=1S/C25H24FNO3/c1-14-5-7-17(8-6-14)23-16(3)25-24(15(2)20(23)12-22(28)29-4)27-21-10-9-19(26)11-18(21)13-30-25/h5-11,27H,12-13H2,1-4H3. The van der Waals surface area contributed by atoms with Gasteiger partial charge in [0.1, 0.15) is 18.2 Å². The van der Waals surface area contributed by atoms with Crippen LogP contribution in [0.25, 0.3) is 11.1 Å². The molecule has 0 aromatic heterocycles. The van der Waals surface area contributed by atoms with E-state index in [0.717, 1.165) is 50.3 Å². The molecule has 154 valence electrons. The van der Waals surface area contributed by atoms with E-state index in [1.54, 1.807) is 6.07 Å². The van der Waals surface area contributed by atoms with Gasteiger partial charge in [-0.25, -0.2) is 4.39 Å². The summed E-state index contributed by atoms with van der Waals surface area (Å²) in [6.07, 6.45) is 0.150. The van der Waals surface area contributed by atoms with Gasteiger partial charge in [0.2, 0.25) is 0 Å². The number of aryl methyl sites for hydroxylation is 1. The second kappa shape index (κ2) is 7.82. The molecule has 30 heavy (non-hydrogen) atoms. The van der Waals surface area contributed by atoms with E-state index in [1.807, 2.05) is 20.8 Å². The lowest BCUT2D eigenvalue weighted by atomic mass is 9.87. The molecule has 0 saturated heterocycles. The molecule has 1 heterocycles. The van der Waals surface area contributed by atoms with E-state index in [-0.39, 0.29) is 24.8 Å². The molecule has 5 heteroatoms. The summed E-state index contributed by atoms with van der Waals surface area (Å²) >= 11 is 0. The molecule has 0 radical (unpaired) electrons. The summed E-state index contributed by atoms with van der Waals surface area (Å²) in [7, 11) is 1.39. The van der Waals surface area contributed by atoms with Crippen molar-refractivity contribution in [3.8, 4) is 16.9 Å². The normalized spacial score (nSPS) is 12.2. The molecule has 0 atom stereocenters. The number of benzene rings is 3. The van der Waals surface area contributed by atoms with Gasteiger partial charge in [-0.2, -0.15) is 0 Å². The fourth-order valence-corrected chi connectivity index (χ4v) is 4.00. The van der Waals surface area contributed by atoms with Crippen molar-refractivity contribution in [3.63, 3.8) is 0 Å². The Hall–Kier alpha value is -3.34. The van der Waals surface area contributed by atoms with E-state index in [2.05, 4.69) is 29.6 Å². The molecule has 0 fully saturated rings. The Morgan fingerprint density at radius 1 is 1.10 bits per heavy atom. The molecule has 4 rings (SSSR count). The fourth-order valence-electron chi connectivity index (χ4n) is 4.00. The molecule has 4 nitrogen and oxygen atoms in total. The van der Waals surface area contributed by atoms with Crippen molar-refractivity contribution < 1.29 is 18.7 Å². The van der Waals surface area contributed by atoms with Crippen LogP contribution in [0.15, 0.2) is 42.5 Å². The third-order valence-electron chi connectivity index (χ3n) is 5.66. The highest BCUT2D eigenvalue weighted by molar-refractivity contribution is 5.88. The number of halogens is 1. The molecular formula is C25H24FNO3. The summed E-state index contributed by atoms with van der Waals surface area (Å²) in [6, 6.07) is 12.8. The maximum Gasteiger partial charge on any atom is 0.310 e. The van der Waals surface area contributed by atoms with Gasteiger partial charge in [0, 0.05) is 16.8 Å². The van der Waals surface area contributed by atoms with E-state index in [1.165, 1.54) is 19.2 Å². The SMILES string of the molecule is COC(=O)Cc1c(C)c2c(c(C)c1-c1ccc(C)cc1)OCc1cc(F)ccc1N2. The fraction of sp³-hybridized carbons (Fsp3) is 0.240. The van der Waals surface area contributed by atoms with Crippen LogP contribution in [0, 0.1) is 26.6 Å².